The van der Waals surface area contributed by atoms with E-state index in [1.54, 1.807) is 18.2 Å². The second kappa shape index (κ2) is 4.30. The number of esters is 1. The fourth-order valence-corrected chi connectivity index (χ4v) is 0.807. The number of carbonyl (C=O) groups is 1. The monoisotopic (exact) mass is 177 g/mol. The highest BCUT2D eigenvalue weighted by molar-refractivity contribution is 5.86. The lowest BCUT2D eigenvalue weighted by atomic mass is 10.2. The van der Waals surface area contributed by atoms with E-state index in [2.05, 4.69) is 10.8 Å². The molecule has 1 aromatic carbocycles. The summed E-state index contributed by atoms with van der Waals surface area (Å²) in [4.78, 5) is 10.7. The van der Waals surface area contributed by atoms with Gasteiger partial charge in [-0.3, -0.25) is 0 Å². The van der Waals surface area contributed by atoms with E-state index >= 15 is 0 Å². The van der Waals surface area contributed by atoms with Crippen LogP contribution in [0.1, 0.15) is 5.56 Å². The third-order valence-corrected chi connectivity index (χ3v) is 1.42. The minimum absolute atomic E-state index is 0.0482. The summed E-state index contributed by atoms with van der Waals surface area (Å²) in [6.07, 6.45) is 2.84. The number of phenols is 1. The first-order chi connectivity index (χ1) is 6.22. The van der Waals surface area contributed by atoms with Crippen molar-refractivity contribution in [2.75, 3.05) is 7.11 Å². The molecule has 1 N–H and O–H groups in total. The second-order valence-corrected chi connectivity index (χ2v) is 2.36. The minimum Gasteiger partial charge on any atom is -0.507 e. The zero-order valence-corrected chi connectivity index (χ0v) is 7.15. The summed E-state index contributed by atoms with van der Waals surface area (Å²) in [5.41, 5.74) is 0.724. The van der Waals surface area contributed by atoms with E-state index in [1.807, 2.05) is 0 Å². The molecule has 0 atom stereocenters. The number of carbonyl (C=O) groups excluding carboxylic acids is 1. The number of methoxy groups -OCH3 is 1. The molecule has 1 rings (SSSR count). The van der Waals surface area contributed by atoms with Crippen molar-refractivity contribution in [3.8, 4) is 5.75 Å². The Bertz CT molecular complexity index is 329. The Morgan fingerprint density at radius 1 is 1.69 bits per heavy atom. The smallest absolute Gasteiger partial charge is 0.330 e. The van der Waals surface area contributed by atoms with E-state index in [1.165, 1.54) is 19.3 Å². The lowest BCUT2D eigenvalue weighted by Crippen LogP contribution is -1.93. The molecule has 13 heavy (non-hydrogen) atoms. The molecule has 3 nitrogen and oxygen atoms in total. The van der Waals surface area contributed by atoms with Crippen LogP contribution in [0, 0.1) is 6.07 Å². The van der Waals surface area contributed by atoms with Gasteiger partial charge in [-0.1, -0.05) is 6.07 Å². The van der Waals surface area contributed by atoms with Crippen LogP contribution in [0.15, 0.2) is 24.3 Å². The molecule has 1 radical (unpaired) electrons. The molecule has 0 spiro atoms. The van der Waals surface area contributed by atoms with E-state index in [0.29, 0.717) is 0 Å². The maximum Gasteiger partial charge on any atom is 0.330 e. The van der Waals surface area contributed by atoms with Gasteiger partial charge in [-0.25, -0.2) is 4.79 Å². The molecule has 1 aromatic rings. The van der Waals surface area contributed by atoms with Gasteiger partial charge in [0.05, 0.1) is 7.11 Å². The summed E-state index contributed by atoms with van der Waals surface area (Å²) in [5, 5.41) is 9.03. The van der Waals surface area contributed by atoms with Gasteiger partial charge >= 0.3 is 5.97 Å². The van der Waals surface area contributed by atoms with Gasteiger partial charge in [-0.15, -0.1) is 0 Å². The molecule has 0 heterocycles. The first kappa shape index (κ1) is 9.32. The van der Waals surface area contributed by atoms with Crippen LogP contribution in [-0.2, 0) is 9.53 Å². The molecule has 67 valence electrons. The third kappa shape index (κ3) is 2.99. The van der Waals surface area contributed by atoms with E-state index in [0.717, 1.165) is 5.56 Å². The van der Waals surface area contributed by atoms with Crippen molar-refractivity contribution in [1.82, 2.24) is 0 Å². The van der Waals surface area contributed by atoms with Gasteiger partial charge in [0.15, 0.2) is 0 Å². The maximum atomic E-state index is 10.7. The van der Waals surface area contributed by atoms with Gasteiger partial charge in [0.1, 0.15) is 5.75 Å². The number of rotatable bonds is 2. The van der Waals surface area contributed by atoms with Crippen LogP contribution in [0.3, 0.4) is 0 Å². The van der Waals surface area contributed by atoms with Gasteiger partial charge in [-0.05, 0) is 23.8 Å². The Morgan fingerprint density at radius 3 is 3.08 bits per heavy atom. The molecule has 0 unspecified atom stereocenters. The average molecular weight is 177 g/mol. The number of hydrogen-bond acceptors (Lipinski definition) is 3. The van der Waals surface area contributed by atoms with E-state index in [4.69, 9.17) is 5.11 Å². The summed E-state index contributed by atoms with van der Waals surface area (Å²) >= 11 is 0. The molecule has 0 saturated heterocycles. The molecule has 0 aromatic heterocycles. The molecule has 0 aliphatic heterocycles. The average Bonchev–Trinajstić information content (AvgIpc) is 2.14. The zero-order chi connectivity index (χ0) is 9.68. The van der Waals surface area contributed by atoms with Crippen molar-refractivity contribution in [1.29, 1.82) is 0 Å². The predicted molar refractivity (Wildman–Crippen MR) is 48.0 cm³/mol. The van der Waals surface area contributed by atoms with Crippen molar-refractivity contribution in [3.63, 3.8) is 0 Å². The largest absolute Gasteiger partial charge is 0.507 e. The minimum atomic E-state index is -0.424. The van der Waals surface area contributed by atoms with Crippen molar-refractivity contribution in [3.05, 3.63) is 35.9 Å². The van der Waals surface area contributed by atoms with Crippen LogP contribution in [0.25, 0.3) is 6.08 Å². The number of hydrogen-bond donors (Lipinski definition) is 1. The van der Waals surface area contributed by atoms with Crippen LogP contribution in [-0.4, -0.2) is 18.2 Å². The summed E-state index contributed by atoms with van der Waals surface area (Å²) in [7, 11) is 1.31. The number of aromatic hydroxyl groups is 1. The first-order valence-electron chi connectivity index (χ1n) is 3.69. The van der Waals surface area contributed by atoms with Crippen molar-refractivity contribution < 1.29 is 14.6 Å². The van der Waals surface area contributed by atoms with Crippen molar-refractivity contribution in [2.45, 2.75) is 0 Å². The molecule has 0 saturated carbocycles. The molecule has 0 aliphatic rings. The van der Waals surface area contributed by atoms with Crippen LogP contribution in [0.2, 0.25) is 0 Å². The first-order valence-corrected chi connectivity index (χ1v) is 3.69. The molecule has 0 fully saturated rings. The Kier molecular flexibility index (Phi) is 3.09. The Balaban J connectivity index is 2.74. The Morgan fingerprint density at radius 2 is 2.46 bits per heavy atom. The molecular weight excluding hydrogens is 168 g/mol. The Hall–Kier alpha value is -1.77. The highest BCUT2D eigenvalue weighted by atomic mass is 16.5. The number of phenolic OH excluding ortho intramolecular Hbond substituents is 1. The lowest BCUT2D eigenvalue weighted by Gasteiger charge is -1.93. The van der Waals surface area contributed by atoms with Crippen LogP contribution in [0.5, 0.6) is 5.75 Å². The third-order valence-electron chi connectivity index (χ3n) is 1.42. The van der Waals surface area contributed by atoms with Gasteiger partial charge in [-0.2, -0.15) is 0 Å². The fraction of sp³-hybridized carbons (Fsp3) is 0.100. The highest BCUT2D eigenvalue weighted by Crippen LogP contribution is 2.11. The van der Waals surface area contributed by atoms with E-state index < -0.39 is 5.97 Å². The van der Waals surface area contributed by atoms with Crippen LogP contribution < -0.4 is 0 Å². The van der Waals surface area contributed by atoms with E-state index in [9.17, 15) is 4.79 Å². The fourth-order valence-electron chi connectivity index (χ4n) is 0.807. The topological polar surface area (TPSA) is 46.5 Å². The number of benzene rings is 1. The quantitative estimate of drug-likeness (QED) is 0.548. The predicted octanol–water partition coefficient (Wildman–Crippen LogP) is 1.38. The lowest BCUT2D eigenvalue weighted by molar-refractivity contribution is -0.134. The number of ether oxygens (including phenoxy) is 1. The standard InChI is InChI=1S/C10H9O3/c1-13-10(12)6-5-8-3-2-4-9(11)7-8/h2-3,5-7,11H,1H3. The molecular formula is C10H9O3. The molecule has 0 amide bonds. The van der Waals surface area contributed by atoms with Gasteiger partial charge in [0, 0.05) is 12.1 Å². The van der Waals surface area contributed by atoms with Crippen LogP contribution in [0.4, 0.5) is 0 Å². The Labute approximate surface area is 76.3 Å². The van der Waals surface area contributed by atoms with E-state index in [-0.39, 0.29) is 5.75 Å². The molecule has 0 aliphatic carbocycles. The van der Waals surface area contributed by atoms with Gasteiger partial charge in [0.25, 0.3) is 0 Å². The second-order valence-electron chi connectivity index (χ2n) is 2.36. The summed E-state index contributed by atoms with van der Waals surface area (Å²) in [6, 6.07) is 7.38. The van der Waals surface area contributed by atoms with Crippen molar-refractivity contribution in [2.24, 2.45) is 0 Å². The molecule has 3 heteroatoms. The van der Waals surface area contributed by atoms with Crippen LogP contribution >= 0.6 is 0 Å². The van der Waals surface area contributed by atoms with Crippen molar-refractivity contribution >= 4 is 12.0 Å². The van der Waals surface area contributed by atoms with Gasteiger partial charge in [0.2, 0.25) is 0 Å². The molecule has 0 bridgehead atoms. The summed E-state index contributed by atoms with van der Waals surface area (Å²) in [6.45, 7) is 0. The maximum absolute atomic E-state index is 10.7. The van der Waals surface area contributed by atoms with Gasteiger partial charge < -0.3 is 9.84 Å². The highest BCUT2D eigenvalue weighted by Gasteiger charge is 1.92. The SMILES string of the molecule is COC(=O)C=Cc1cc[c]c(O)c1. The zero-order valence-electron chi connectivity index (χ0n) is 7.15. The normalized spacial score (nSPS) is 10.2. The summed E-state index contributed by atoms with van der Waals surface area (Å²) in [5.74, 6) is -0.376. The summed E-state index contributed by atoms with van der Waals surface area (Å²) < 4.78 is 4.41.